The summed E-state index contributed by atoms with van der Waals surface area (Å²) in [6, 6.07) is 0.452. The Kier molecular flexibility index (Phi) is 5.84. The molecule has 1 aliphatic rings. The van der Waals surface area contributed by atoms with Crippen LogP contribution in [0.2, 0.25) is 0 Å². The Bertz CT molecular complexity index is 274. The molecule has 1 saturated carbocycles. The molecule has 1 aliphatic carbocycles. The summed E-state index contributed by atoms with van der Waals surface area (Å²) >= 11 is 0. The number of rotatable bonds is 8. The molecule has 0 amide bonds. The van der Waals surface area contributed by atoms with E-state index in [1.165, 1.54) is 0 Å². The molecule has 0 aromatic rings. The van der Waals surface area contributed by atoms with Gasteiger partial charge in [-0.3, -0.25) is 0 Å². The van der Waals surface area contributed by atoms with E-state index in [2.05, 4.69) is 39.9 Å². The normalized spacial score (nSPS) is 29.1. The van der Waals surface area contributed by atoms with Crippen LogP contribution in [0.3, 0.4) is 0 Å². The van der Waals surface area contributed by atoms with E-state index in [4.69, 9.17) is 4.74 Å². The highest BCUT2D eigenvalue weighted by molar-refractivity contribution is 5.03. The lowest BCUT2D eigenvalue weighted by Gasteiger charge is -2.52. The van der Waals surface area contributed by atoms with E-state index >= 15 is 0 Å². The van der Waals surface area contributed by atoms with Gasteiger partial charge in [-0.05, 0) is 25.7 Å². The number of ether oxygens (including phenoxy) is 1. The monoisotopic (exact) mass is 271 g/mol. The van der Waals surface area contributed by atoms with Gasteiger partial charge in [-0.15, -0.1) is 0 Å². The van der Waals surface area contributed by atoms with Gasteiger partial charge in [0, 0.05) is 24.6 Å². The Morgan fingerprint density at radius 1 is 1.42 bits per heavy atom. The first-order chi connectivity index (χ1) is 8.69. The molecule has 0 saturated heterocycles. The van der Waals surface area contributed by atoms with Crippen molar-refractivity contribution in [3.05, 3.63) is 0 Å². The molecular formula is C16H33NO2. The molecule has 0 radical (unpaired) electrons. The second kappa shape index (κ2) is 6.55. The molecule has 3 unspecified atom stereocenters. The standard InChI is InChI=1S/C16H33NO2/c1-7-8-16(6,18)11-17-13-9-14(15(13,4)5)19-10-12(2)3/h12-14,17-18H,7-11H2,1-6H3. The van der Waals surface area contributed by atoms with Gasteiger partial charge in [0.25, 0.3) is 0 Å². The molecule has 2 N–H and O–H groups in total. The van der Waals surface area contributed by atoms with Crippen LogP contribution < -0.4 is 5.32 Å². The molecule has 114 valence electrons. The molecule has 0 heterocycles. The van der Waals surface area contributed by atoms with Gasteiger partial charge in [-0.2, -0.15) is 0 Å². The average molecular weight is 271 g/mol. The van der Waals surface area contributed by atoms with Gasteiger partial charge in [0.05, 0.1) is 11.7 Å². The van der Waals surface area contributed by atoms with Crippen molar-refractivity contribution < 1.29 is 9.84 Å². The van der Waals surface area contributed by atoms with Gasteiger partial charge in [-0.1, -0.05) is 41.0 Å². The smallest absolute Gasteiger partial charge is 0.0743 e. The minimum absolute atomic E-state index is 0.164. The lowest BCUT2D eigenvalue weighted by molar-refractivity contribution is -0.127. The molecule has 0 aromatic carbocycles. The van der Waals surface area contributed by atoms with Crippen molar-refractivity contribution in [1.29, 1.82) is 0 Å². The van der Waals surface area contributed by atoms with Crippen LogP contribution in [0.1, 0.15) is 60.8 Å². The third-order valence-corrected chi connectivity index (χ3v) is 4.33. The molecule has 0 bridgehead atoms. The molecule has 0 aliphatic heterocycles. The summed E-state index contributed by atoms with van der Waals surface area (Å²) in [5, 5.41) is 13.7. The number of aliphatic hydroxyl groups is 1. The molecule has 1 fully saturated rings. The molecule has 3 heteroatoms. The zero-order valence-corrected chi connectivity index (χ0v) is 13.6. The van der Waals surface area contributed by atoms with E-state index < -0.39 is 5.60 Å². The van der Waals surface area contributed by atoms with Crippen LogP contribution in [-0.4, -0.2) is 36.0 Å². The zero-order valence-electron chi connectivity index (χ0n) is 13.6. The maximum atomic E-state index is 10.2. The number of nitrogens with one attached hydrogen (secondary N) is 1. The maximum Gasteiger partial charge on any atom is 0.0743 e. The van der Waals surface area contributed by atoms with Gasteiger partial charge in [-0.25, -0.2) is 0 Å². The lowest BCUT2D eigenvalue weighted by Crippen LogP contribution is -2.62. The van der Waals surface area contributed by atoms with Crippen molar-refractivity contribution in [2.45, 2.75) is 78.6 Å². The van der Waals surface area contributed by atoms with Crippen molar-refractivity contribution in [3.63, 3.8) is 0 Å². The van der Waals surface area contributed by atoms with Crippen molar-refractivity contribution in [2.24, 2.45) is 11.3 Å². The molecule has 0 aromatic heterocycles. The van der Waals surface area contributed by atoms with E-state index in [1.54, 1.807) is 0 Å². The highest BCUT2D eigenvalue weighted by atomic mass is 16.5. The Balaban J connectivity index is 2.34. The van der Waals surface area contributed by atoms with Crippen LogP contribution in [0, 0.1) is 11.3 Å². The largest absolute Gasteiger partial charge is 0.389 e. The number of hydrogen-bond acceptors (Lipinski definition) is 3. The molecule has 19 heavy (non-hydrogen) atoms. The summed E-state index contributed by atoms with van der Waals surface area (Å²) in [6.07, 6.45) is 3.27. The fraction of sp³-hybridized carbons (Fsp3) is 1.00. The topological polar surface area (TPSA) is 41.5 Å². The third kappa shape index (κ3) is 4.73. The van der Waals surface area contributed by atoms with Gasteiger partial charge in [0.15, 0.2) is 0 Å². The first-order valence-corrected chi connectivity index (χ1v) is 7.76. The van der Waals surface area contributed by atoms with E-state index in [1.807, 2.05) is 6.92 Å². The zero-order chi connectivity index (χ0) is 14.7. The number of hydrogen-bond donors (Lipinski definition) is 2. The predicted octanol–water partition coefficient (Wildman–Crippen LogP) is 2.97. The first-order valence-electron chi connectivity index (χ1n) is 7.76. The van der Waals surface area contributed by atoms with Crippen LogP contribution in [0.4, 0.5) is 0 Å². The molecule has 3 nitrogen and oxygen atoms in total. The van der Waals surface area contributed by atoms with Crippen molar-refractivity contribution in [1.82, 2.24) is 5.32 Å². The second-order valence-electron chi connectivity index (χ2n) is 7.45. The molecular weight excluding hydrogens is 238 g/mol. The fourth-order valence-electron chi connectivity index (χ4n) is 2.79. The van der Waals surface area contributed by atoms with Crippen molar-refractivity contribution >= 4 is 0 Å². The Hall–Kier alpha value is -0.120. The lowest BCUT2D eigenvalue weighted by atomic mass is 9.64. The first kappa shape index (κ1) is 16.9. The van der Waals surface area contributed by atoms with Gasteiger partial charge >= 0.3 is 0 Å². The predicted molar refractivity (Wildman–Crippen MR) is 80.3 cm³/mol. The van der Waals surface area contributed by atoms with Gasteiger partial charge in [0.2, 0.25) is 0 Å². The molecule has 0 spiro atoms. The van der Waals surface area contributed by atoms with E-state index in [0.29, 0.717) is 24.6 Å². The molecule has 3 atom stereocenters. The Morgan fingerprint density at radius 3 is 2.53 bits per heavy atom. The van der Waals surface area contributed by atoms with Crippen LogP contribution in [0.15, 0.2) is 0 Å². The highest BCUT2D eigenvalue weighted by Crippen LogP contribution is 2.43. The summed E-state index contributed by atoms with van der Waals surface area (Å²) in [5.41, 5.74) is -0.425. The quantitative estimate of drug-likeness (QED) is 0.713. The van der Waals surface area contributed by atoms with Crippen LogP contribution in [-0.2, 0) is 4.74 Å². The van der Waals surface area contributed by atoms with Gasteiger partial charge in [0.1, 0.15) is 0 Å². The SMILES string of the molecule is CCCC(C)(O)CNC1CC(OCC(C)C)C1(C)C. The highest BCUT2D eigenvalue weighted by Gasteiger charge is 2.49. The average Bonchev–Trinajstić information content (AvgIpc) is 2.26. The summed E-state index contributed by atoms with van der Waals surface area (Å²) in [4.78, 5) is 0. The summed E-state index contributed by atoms with van der Waals surface area (Å²) in [5.74, 6) is 0.591. The Labute approximate surface area is 119 Å². The van der Waals surface area contributed by atoms with E-state index in [-0.39, 0.29) is 5.41 Å². The summed E-state index contributed by atoms with van der Waals surface area (Å²) < 4.78 is 5.96. The van der Waals surface area contributed by atoms with E-state index in [0.717, 1.165) is 25.9 Å². The molecule has 1 rings (SSSR count). The van der Waals surface area contributed by atoms with Crippen molar-refractivity contribution in [2.75, 3.05) is 13.2 Å². The van der Waals surface area contributed by atoms with Gasteiger partial charge < -0.3 is 15.2 Å². The van der Waals surface area contributed by atoms with Crippen molar-refractivity contribution in [3.8, 4) is 0 Å². The minimum Gasteiger partial charge on any atom is -0.389 e. The fourth-order valence-corrected chi connectivity index (χ4v) is 2.79. The third-order valence-electron chi connectivity index (χ3n) is 4.33. The summed E-state index contributed by atoms with van der Waals surface area (Å²) in [7, 11) is 0. The Morgan fingerprint density at radius 2 is 2.05 bits per heavy atom. The minimum atomic E-state index is -0.589. The van der Waals surface area contributed by atoms with E-state index in [9.17, 15) is 5.11 Å². The second-order valence-corrected chi connectivity index (χ2v) is 7.45. The summed E-state index contributed by atoms with van der Waals surface area (Å²) in [6.45, 7) is 14.4. The van der Waals surface area contributed by atoms with Crippen LogP contribution in [0.25, 0.3) is 0 Å². The maximum absolute atomic E-state index is 10.2. The van der Waals surface area contributed by atoms with Crippen LogP contribution >= 0.6 is 0 Å². The van der Waals surface area contributed by atoms with Crippen LogP contribution in [0.5, 0.6) is 0 Å².